The Bertz CT molecular complexity index is 1310. The molecule has 0 unspecified atom stereocenters. The van der Waals surface area contributed by atoms with Gasteiger partial charge in [-0.1, -0.05) is 30.3 Å². The van der Waals surface area contributed by atoms with Crippen LogP contribution >= 0.6 is 0 Å². The van der Waals surface area contributed by atoms with E-state index < -0.39 is 23.8 Å². The van der Waals surface area contributed by atoms with Gasteiger partial charge in [0.2, 0.25) is 0 Å². The Labute approximate surface area is 239 Å². The second-order valence-electron chi connectivity index (χ2n) is 11.3. The number of hydrogen-bond donors (Lipinski definition) is 2. The average molecular weight is 570 g/mol. The predicted molar refractivity (Wildman–Crippen MR) is 151 cm³/mol. The maximum Gasteiger partial charge on any atom is 0.318 e. The van der Waals surface area contributed by atoms with Crippen LogP contribution < -0.4 is 10.6 Å². The van der Waals surface area contributed by atoms with Crippen LogP contribution in [0, 0.1) is 23.5 Å². The summed E-state index contributed by atoms with van der Waals surface area (Å²) in [6.07, 6.45) is 2.00. The quantitative estimate of drug-likeness (QED) is 0.366. The van der Waals surface area contributed by atoms with E-state index in [4.69, 9.17) is 9.72 Å². The number of halogens is 3. The Morgan fingerprint density at radius 2 is 1.90 bits per heavy atom. The van der Waals surface area contributed by atoms with Gasteiger partial charge in [0.15, 0.2) is 0 Å². The number of ether oxygens (including phenoxy) is 1. The Balaban J connectivity index is 1.65. The second-order valence-corrected chi connectivity index (χ2v) is 11.3. The van der Waals surface area contributed by atoms with E-state index in [1.54, 1.807) is 11.1 Å². The number of rotatable bonds is 9. The maximum absolute atomic E-state index is 15.0. The lowest BCUT2D eigenvalue weighted by Gasteiger charge is -2.40. The van der Waals surface area contributed by atoms with E-state index in [1.807, 2.05) is 48.7 Å². The van der Waals surface area contributed by atoms with Crippen molar-refractivity contribution >= 4 is 6.03 Å². The molecule has 2 N–H and O–H groups in total. The van der Waals surface area contributed by atoms with Crippen molar-refractivity contribution in [2.24, 2.45) is 11.8 Å². The van der Waals surface area contributed by atoms with E-state index in [-0.39, 0.29) is 48.3 Å². The summed E-state index contributed by atoms with van der Waals surface area (Å²) in [7, 11) is 0. The molecule has 0 aliphatic carbocycles. The van der Waals surface area contributed by atoms with Crippen LogP contribution in [0.1, 0.15) is 44.1 Å². The van der Waals surface area contributed by atoms with Gasteiger partial charge in [-0.2, -0.15) is 0 Å². The van der Waals surface area contributed by atoms with E-state index in [0.29, 0.717) is 45.0 Å². The third-order valence-corrected chi connectivity index (χ3v) is 7.88. The minimum absolute atomic E-state index is 0.0313. The summed E-state index contributed by atoms with van der Waals surface area (Å²) in [5, 5.41) is 6.11. The van der Waals surface area contributed by atoms with Crippen molar-refractivity contribution in [3.05, 3.63) is 77.8 Å². The van der Waals surface area contributed by atoms with Gasteiger partial charge in [0.25, 0.3) is 0 Å². The first-order valence-electron chi connectivity index (χ1n) is 14.4. The lowest BCUT2D eigenvalue weighted by atomic mass is 9.89. The van der Waals surface area contributed by atoms with Crippen LogP contribution in [0.3, 0.4) is 0 Å². The van der Waals surface area contributed by atoms with Gasteiger partial charge in [0.05, 0.1) is 11.7 Å². The lowest BCUT2D eigenvalue weighted by molar-refractivity contribution is 0.0256. The van der Waals surface area contributed by atoms with Crippen LogP contribution in [0.25, 0.3) is 11.3 Å². The van der Waals surface area contributed by atoms with Crippen molar-refractivity contribution < 1.29 is 22.7 Å². The van der Waals surface area contributed by atoms with Gasteiger partial charge in [0, 0.05) is 63.1 Å². The summed E-state index contributed by atoms with van der Waals surface area (Å²) in [5.41, 5.74) is 1.32. The first kappa shape index (κ1) is 29.1. The number of urea groups is 1. The molecule has 7 nitrogen and oxygen atoms in total. The SMILES string of the molecule is CC(C)NC(=O)N(C[C@@H]1CNC[C@@H]1F)[C@@H](c1nc(-c2cc(F)ccc2F)cn1Cc1ccccc1)C1CCOCC1. The number of nitrogens with one attached hydrogen (secondary N) is 2. The highest BCUT2D eigenvalue weighted by molar-refractivity contribution is 5.75. The molecule has 2 aliphatic heterocycles. The number of amides is 2. The smallest absolute Gasteiger partial charge is 0.318 e. The molecular formula is C31H38F3N5O2. The molecule has 0 bridgehead atoms. The van der Waals surface area contributed by atoms with Gasteiger partial charge in [-0.15, -0.1) is 0 Å². The van der Waals surface area contributed by atoms with Crippen molar-refractivity contribution in [1.82, 2.24) is 25.1 Å². The number of aromatic nitrogens is 2. The van der Waals surface area contributed by atoms with Gasteiger partial charge < -0.3 is 24.8 Å². The molecule has 2 fully saturated rings. The zero-order valence-corrected chi connectivity index (χ0v) is 23.5. The second kappa shape index (κ2) is 13.1. The number of benzene rings is 2. The number of nitrogens with zero attached hydrogens (tertiary/aromatic N) is 3. The van der Waals surface area contributed by atoms with Crippen LogP contribution in [-0.4, -0.2) is 65.5 Å². The van der Waals surface area contributed by atoms with Crippen LogP contribution in [0.4, 0.5) is 18.0 Å². The van der Waals surface area contributed by atoms with Gasteiger partial charge in [0.1, 0.15) is 23.6 Å². The first-order valence-corrected chi connectivity index (χ1v) is 14.4. The fourth-order valence-electron chi connectivity index (χ4n) is 5.82. The molecule has 1 aromatic heterocycles. The summed E-state index contributed by atoms with van der Waals surface area (Å²) in [5.74, 6) is -1.01. The molecule has 2 amide bonds. The van der Waals surface area contributed by atoms with Crippen molar-refractivity contribution in [3.8, 4) is 11.3 Å². The van der Waals surface area contributed by atoms with Crippen LogP contribution in [0.15, 0.2) is 54.7 Å². The normalized spacial score (nSPS) is 20.3. The highest BCUT2D eigenvalue weighted by Gasteiger charge is 2.40. The Morgan fingerprint density at radius 1 is 1.15 bits per heavy atom. The standard InChI is InChI=1S/C31H38F3N5O2/c1-20(2)36-31(40)39(18-23-15-35-16-27(23)34)29(22-10-12-41-13-11-22)30-37-28(25-14-24(32)8-9-26(25)33)19-38(30)17-21-6-4-3-5-7-21/h3-9,14,19-20,22-23,27,29,35H,10-13,15-18H2,1-2H3,(H,36,40)/t23-,27-,29+/m0/s1. The van der Waals surface area contributed by atoms with Gasteiger partial charge in [-0.3, -0.25) is 0 Å². The van der Waals surface area contributed by atoms with Crippen molar-refractivity contribution in [2.45, 2.75) is 51.5 Å². The Kier molecular flexibility index (Phi) is 9.29. The van der Waals surface area contributed by atoms with E-state index in [9.17, 15) is 18.0 Å². The molecule has 3 heterocycles. The molecule has 0 saturated carbocycles. The molecule has 5 rings (SSSR count). The monoisotopic (exact) mass is 569 g/mol. The topological polar surface area (TPSA) is 71.4 Å². The average Bonchev–Trinajstić information content (AvgIpc) is 3.56. The van der Waals surface area contributed by atoms with Crippen molar-refractivity contribution in [2.75, 3.05) is 32.8 Å². The van der Waals surface area contributed by atoms with Crippen LogP contribution in [0.5, 0.6) is 0 Å². The molecule has 10 heteroatoms. The minimum Gasteiger partial charge on any atom is -0.381 e. The largest absolute Gasteiger partial charge is 0.381 e. The molecule has 0 spiro atoms. The molecule has 3 aromatic rings. The van der Waals surface area contributed by atoms with E-state index >= 15 is 0 Å². The van der Waals surface area contributed by atoms with Crippen LogP contribution in [0.2, 0.25) is 0 Å². The van der Waals surface area contributed by atoms with Gasteiger partial charge in [-0.05, 0) is 56.4 Å². The number of carbonyl (C=O) groups excluding carboxylic acids is 1. The molecule has 2 aromatic carbocycles. The van der Waals surface area contributed by atoms with E-state index in [0.717, 1.165) is 23.8 Å². The summed E-state index contributed by atoms with van der Waals surface area (Å²) < 4.78 is 51.7. The van der Waals surface area contributed by atoms with Crippen LogP contribution in [-0.2, 0) is 11.3 Å². The van der Waals surface area contributed by atoms with Gasteiger partial charge in [-0.25, -0.2) is 22.9 Å². The minimum atomic E-state index is -1.08. The number of carbonyl (C=O) groups is 1. The molecule has 2 aliphatic rings. The third kappa shape index (κ3) is 6.93. The number of hydrogen-bond acceptors (Lipinski definition) is 4. The highest BCUT2D eigenvalue weighted by atomic mass is 19.1. The molecule has 2 saturated heterocycles. The summed E-state index contributed by atoms with van der Waals surface area (Å²) in [4.78, 5) is 20.5. The molecule has 3 atom stereocenters. The molecule has 0 radical (unpaired) electrons. The zero-order valence-electron chi connectivity index (χ0n) is 23.5. The fraction of sp³-hybridized carbons (Fsp3) is 0.484. The van der Waals surface area contributed by atoms with Gasteiger partial charge >= 0.3 is 6.03 Å². The fourth-order valence-corrected chi connectivity index (χ4v) is 5.82. The van der Waals surface area contributed by atoms with E-state index in [2.05, 4.69) is 10.6 Å². The summed E-state index contributed by atoms with van der Waals surface area (Å²) in [6.45, 7) is 6.15. The Hall–Kier alpha value is -3.37. The molecule has 41 heavy (non-hydrogen) atoms. The Morgan fingerprint density at radius 3 is 2.59 bits per heavy atom. The van der Waals surface area contributed by atoms with Crippen molar-refractivity contribution in [1.29, 1.82) is 0 Å². The summed E-state index contributed by atoms with van der Waals surface area (Å²) in [6, 6.07) is 12.1. The maximum atomic E-state index is 15.0. The number of alkyl halides is 1. The highest BCUT2D eigenvalue weighted by Crippen LogP contribution is 2.38. The lowest BCUT2D eigenvalue weighted by Crippen LogP contribution is -2.50. The third-order valence-electron chi connectivity index (χ3n) is 7.88. The van der Waals surface area contributed by atoms with E-state index in [1.165, 1.54) is 0 Å². The van der Waals surface area contributed by atoms with Crippen molar-refractivity contribution in [3.63, 3.8) is 0 Å². The zero-order chi connectivity index (χ0) is 28.9. The first-order chi connectivity index (χ1) is 19.8. The molecule has 220 valence electrons. The molecular weight excluding hydrogens is 531 g/mol. The predicted octanol–water partition coefficient (Wildman–Crippen LogP) is 5.32. The number of imidazole rings is 1. The summed E-state index contributed by atoms with van der Waals surface area (Å²) >= 11 is 0.